The molecular formula is C13H18N2O2. The Kier molecular flexibility index (Phi) is 5.11. The van der Waals surface area contributed by atoms with E-state index in [4.69, 9.17) is 5.26 Å². The number of nitriles is 1. The second-order valence-corrected chi connectivity index (χ2v) is 4.04. The molecule has 0 spiro atoms. The molecule has 1 aromatic rings. The van der Waals surface area contributed by atoms with E-state index in [-0.39, 0.29) is 0 Å². The Morgan fingerprint density at radius 1 is 1.41 bits per heavy atom. The summed E-state index contributed by atoms with van der Waals surface area (Å²) in [7, 11) is 1.79. The van der Waals surface area contributed by atoms with Crippen molar-refractivity contribution in [2.75, 3.05) is 13.6 Å². The zero-order valence-electron chi connectivity index (χ0n) is 10.1. The first-order valence-corrected chi connectivity index (χ1v) is 5.62. The molecule has 0 amide bonds. The number of rotatable bonds is 5. The van der Waals surface area contributed by atoms with E-state index in [1.807, 2.05) is 0 Å². The van der Waals surface area contributed by atoms with E-state index in [2.05, 4.69) is 11.4 Å². The van der Waals surface area contributed by atoms with Crippen LogP contribution in [0.3, 0.4) is 0 Å². The predicted molar refractivity (Wildman–Crippen MR) is 65.4 cm³/mol. The maximum Gasteiger partial charge on any atom is 0.105 e. The van der Waals surface area contributed by atoms with Crippen molar-refractivity contribution >= 4 is 0 Å². The Balaban J connectivity index is 2.89. The van der Waals surface area contributed by atoms with E-state index in [9.17, 15) is 10.2 Å². The lowest BCUT2D eigenvalue weighted by molar-refractivity contribution is 0.0136. The normalized spacial score (nSPS) is 14.1. The minimum atomic E-state index is -0.948. The molecule has 17 heavy (non-hydrogen) atoms. The Morgan fingerprint density at radius 2 is 2.12 bits per heavy atom. The van der Waals surface area contributed by atoms with Crippen molar-refractivity contribution in [3.05, 3.63) is 34.9 Å². The fraction of sp³-hybridized carbons (Fsp3) is 0.462. The molecule has 0 aliphatic rings. The van der Waals surface area contributed by atoms with Gasteiger partial charge in [0.1, 0.15) is 6.10 Å². The van der Waals surface area contributed by atoms with Crippen LogP contribution in [0.2, 0.25) is 0 Å². The quantitative estimate of drug-likeness (QED) is 0.706. The van der Waals surface area contributed by atoms with Gasteiger partial charge < -0.3 is 15.5 Å². The van der Waals surface area contributed by atoms with Gasteiger partial charge >= 0.3 is 0 Å². The molecule has 0 radical (unpaired) electrons. The van der Waals surface area contributed by atoms with Crippen molar-refractivity contribution in [2.24, 2.45) is 0 Å². The van der Waals surface area contributed by atoms with Gasteiger partial charge in [-0.2, -0.15) is 5.26 Å². The summed E-state index contributed by atoms with van der Waals surface area (Å²) in [6.07, 6.45) is -1.31. The highest BCUT2D eigenvalue weighted by Crippen LogP contribution is 2.24. The van der Waals surface area contributed by atoms with Crippen molar-refractivity contribution < 1.29 is 10.2 Å². The number of aliphatic hydroxyl groups excluding tert-OH is 2. The van der Waals surface area contributed by atoms with Gasteiger partial charge in [-0.1, -0.05) is 12.1 Å². The van der Waals surface area contributed by atoms with Crippen LogP contribution in [-0.4, -0.2) is 29.9 Å². The number of benzene rings is 1. The van der Waals surface area contributed by atoms with Gasteiger partial charge in [0, 0.05) is 0 Å². The van der Waals surface area contributed by atoms with Gasteiger partial charge in [-0.3, -0.25) is 0 Å². The number of nitrogens with zero attached hydrogens (tertiary/aromatic N) is 1. The molecule has 3 N–H and O–H groups in total. The van der Waals surface area contributed by atoms with Crippen molar-refractivity contribution in [1.29, 1.82) is 5.26 Å². The Bertz CT molecular complexity index is 412. The third kappa shape index (κ3) is 3.27. The largest absolute Gasteiger partial charge is 0.390 e. The molecule has 2 atom stereocenters. The lowest BCUT2D eigenvalue weighted by Crippen LogP contribution is -2.24. The molecule has 0 fully saturated rings. The van der Waals surface area contributed by atoms with Crippen LogP contribution in [0.1, 0.15) is 29.2 Å². The number of nitrogens with one attached hydrogen (secondary N) is 1. The van der Waals surface area contributed by atoms with Gasteiger partial charge in [0.05, 0.1) is 17.7 Å². The molecule has 0 aliphatic heterocycles. The van der Waals surface area contributed by atoms with Crippen LogP contribution in [0.5, 0.6) is 0 Å². The number of hydrogen-bond donors (Lipinski definition) is 3. The van der Waals surface area contributed by atoms with Crippen molar-refractivity contribution in [2.45, 2.75) is 25.6 Å². The third-order valence-corrected chi connectivity index (χ3v) is 2.87. The number of aliphatic hydroxyl groups is 2. The molecule has 92 valence electrons. The van der Waals surface area contributed by atoms with Crippen LogP contribution < -0.4 is 5.32 Å². The van der Waals surface area contributed by atoms with E-state index in [1.54, 1.807) is 32.2 Å². The summed E-state index contributed by atoms with van der Waals surface area (Å²) < 4.78 is 0. The van der Waals surface area contributed by atoms with Gasteiger partial charge in [-0.25, -0.2) is 0 Å². The highest BCUT2D eigenvalue weighted by molar-refractivity contribution is 5.43. The van der Waals surface area contributed by atoms with E-state index in [0.717, 1.165) is 5.56 Å². The van der Waals surface area contributed by atoms with Gasteiger partial charge in [-0.05, 0) is 44.1 Å². The molecule has 0 aromatic heterocycles. The molecular weight excluding hydrogens is 216 g/mol. The van der Waals surface area contributed by atoms with E-state index >= 15 is 0 Å². The third-order valence-electron chi connectivity index (χ3n) is 2.87. The lowest BCUT2D eigenvalue weighted by Gasteiger charge is -2.20. The smallest absolute Gasteiger partial charge is 0.105 e. The molecule has 4 nitrogen and oxygen atoms in total. The summed E-state index contributed by atoms with van der Waals surface area (Å²) in [6, 6.07) is 7.22. The van der Waals surface area contributed by atoms with Crippen LogP contribution in [0.25, 0.3) is 0 Å². The second-order valence-electron chi connectivity index (χ2n) is 4.04. The van der Waals surface area contributed by atoms with Crippen LogP contribution in [-0.2, 0) is 0 Å². The average Bonchev–Trinajstić information content (AvgIpc) is 2.35. The van der Waals surface area contributed by atoms with Gasteiger partial charge in [-0.15, -0.1) is 0 Å². The average molecular weight is 234 g/mol. The highest BCUT2D eigenvalue weighted by atomic mass is 16.3. The van der Waals surface area contributed by atoms with Crippen molar-refractivity contribution in [1.82, 2.24) is 5.32 Å². The predicted octanol–water partition coefficient (Wildman–Crippen LogP) is 0.871. The summed E-state index contributed by atoms with van der Waals surface area (Å²) in [5.41, 5.74) is 1.88. The van der Waals surface area contributed by atoms with Gasteiger partial charge in [0.25, 0.3) is 0 Å². The van der Waals surface area contributed by atoms with Gasteiger partial charge in [0.15, 0.2) is 0 Å². The zero-order valence-corrected chi connectivity index (χ0v) is 10.1. The van der Waals surface area contributed by atoms with E-state index in [0.29, 0.717) is 24.1 Å². The topological polar surface area (TPSA) is 76.3 Å². The van der Waals surface area contributed by atoms with E-state index < -0.39 is 12.2 Å². The molecule has 0 bridgehead atoms. The van der Waals surface area contributed by atoms with Crippen molar-refractivity contribution in [3.8, 4) is 6.07 Å². The van der Waals surface area contributed by atoms with Crippen LogP contribution in [0, 0.1) is 18.3 Å². The summed E-state index contributed by atoms with van der Waals surface area (Å²) in [4.78, 5) is 0. The zero-order chi connectivity index (χ0) is 12.8. The minimum Gasteiger partial charge on any atom is -0.390 e. The molecule has 1 aromatic carbocycles. The van der Waals surface area contributed by atoms with Crippen molar-refractivity contribution in [3.63, 3.8) is 0 Å². The van der Waals surface area contributed by atoms with Crippen LogP contribution in [0.4, 0.5) is 0 Å². The maximum atomic E-state index is 10.0. The molecule has 2 unspecified atom stereocenters. The first kappa shape index (κ1) is 13.7. The summed E-state index contributed by atoms with van der Waals surface area (Å²) >= 11 is 0. The SMILES string of the molecule is CNCCC(O)C(O)c1cccc(C#N)c1C. The van der Waals surface area contributed by atoms with Crippen LogP contribution in [0.15, 0.2) is 18.2 Å². The lowest BCUT2D eigenvalue weighted by atomic mass is 9.95. The Hall–Kier alpha value is -1.41. The van der Waals surface area contributed by atoms with E-state index in [1.165, 1.54) is 0 Å². The molecule has 0 saturated heterocycles. The fourth-order valence-electron chi connectivity index (χ4n) is 1.75. The maximum absolute atomic E-state index is 10.0. The second kappa shape index (κ2) is 6.36. The summed E-state index contributed by atoms with van der Waals surface area (Å²) in [5.74, 6) is 0. The fourth-order valence-corrected chi connectivity index (χ4v) is 1.75. The molecule has 0 heterocycles. The summed E-state index contributed by atoms with van der Waals surface area (Å²) in [6.45, 7) is 2.41. The Morgan fingerprint density at radius 3 is 2.71 bits per heavy atom. The standard InChI is InChI=1S/C13H18N2O2/c1-9-10(8-14)4-3-5-11(9)13(17)12(16)6-7-15-2/h3-5,12-13,15-17H,6-7H2,1-2H3. The molecule has 0 aliphatic carbocycles. The first-order valence-electron chi connectivity index (χ1n) is 5.62. The molecule has 4 heteroatoms. The molecule has 1 rings (SSSR count). The van der Waals surface area contributed by atoms with Crippen LogP contribution >= 0.6 is 0 Å². The van der Waals surface area contributed by atoms with Gasteiger partial charge in [0.2, 0.25) is 0 Å². The first-order chi connectivity index (χ1) is 8.11. The monoisotopic (exact) mass is 234 g/mol. The Labute approximate surface area is 102 Å². The minimum absolute atomic E-state index is 0.466. The molecule has 0 saturated carbocycles. The number of hydrogen-bond acceptors (Lipinski definition) is 4. The summed E-state index contributed by atoms with van der Waals surface area (Å²) in [5, 5.41) is 31.7. The highest BCUT2D eigenvalue weighted by Gasteiger charge is 2.20.